The molecule has 19 heavy (non-hydrogen) atoms. The van der Waals surface area contributed by atoms with E-state index >= 15 is 0 Å². The molecule has 1 fully saturated rings. The molecule has 1 aliphatic rings. The number of hydrogen-bond acceptors (Lipinski definition) is 5. The van der Waals surface area contributed by atoms with E-state index in [1.165, 1.54) is 0 Å². The maximum Gasteiger partial charge on any atom is 0.333 e. The molecule has 0 aromatic heterocycles. The summed E-state index contributed by atoms with van der Waals surface area (Å²) in [6.45, 7) is 3.23. The molecule has 1 atom stereocenters. The van der Waals surface area contributed by atoms with Gasteiger partial charge in [-0.15, -0.1) is 0 Å². The number of hydrogen-bond donors (Lipinski definition) is 1. The van der Waals surface area contributed by atoms with E-state index in [2.05, 4.69) is 0 Å². The predicted octanol–water partition coefficient (Wildman–Crippen LogP) is 0.819. The number of ether oxygens (including phenoxy) is 3. The number of carbonyl (C=O) groups excluding carboxylic acids is 1. The fourth-order valence-electron chi connectivity index (χ4n) is 1.82. The van der Waals surface area contributed by atoms with Gasteiger partial charge in [-0.3, -0.25) is 0 Å². The molecule has 1 aliphatic heterocycles. The second kappa shape index (κ2) is 6.14. The lowest BCUT2D eigenvalue weighted by Gasteiger charge is -2.32. The first kappa shape index (κ1) is 14.0. The highest BCUT2D eigenvalue weighted by Crippen LogP contribution is 2.22. The Morgan fingerprint density at radius 2 is 2.11 bits per heavy atom. The van der Waals surface area contributed by atoms with Crippen molar-refractivity contribution in [3.8, 4) is 0 Å². The van der Waals surface area contributed by atoms with Crippen LogP contribution in [0, 0.1) is 0 Å². The Kier molecular flexibility index (Phi) is 4.52. The van der Waals surface area contributed by atoms with E-state index in [0.717, 1.165) is 0 Å². The van der Waals surface area contributed by atoms with E-state index in [9.17, 15) is 4.79 Å². The van der Waals surface area contributed by atoms with Crippen molar-refractivity contribution in [3.05, 3.63) is 35.9 Å². The van der Waals surface area contributed by atoms with Crippen molar-refractivity contribution in [1.29, 1.82) is 0 Å². The van der Waals surface area contributed by atoms with E-state index in [-0.39, 0.29) is 19.3 Å². The van der Waals surface area contributed by atoms with Gasteiger partial charge in [-0.25, -0.2) is 4.79 Å². The molecular weight excluding hydrogens is 246 g/mol. The second-order valence-corrected chi connectivity index (χ2v) is 4.53. The van der Waals surface area contributed by atoms with Crippen LogP contribution in [0.5, 0.6) is 0 Å². The van der Waals surface area contributed by atoms with E-state index < -0.39 is 11.5 Å². The Morgan fingerprint density at radius 1 is 1.42 bits per heavy atom. The summed E-state index contributed by atoms with van der Waals surface area (Å²) in [4.78, 5) is 12.1. The Hall–Kier alpha value is -1.43. The number of esters is 1. The van der Waals surface area contributed by atoms with Gasteiger partial charge in [0.05, 0.1) is 26.4 Å². The summed E-state index contributed by atoms with van der Waals surface area (Å²) in [7, 11) is 0. The maximum atomic E-state index is 12.1. The molecule has 1 unspecified atom stereocenters. The lowest BCUT2D eigenvalue weighted by Crippen LogP contribution is -2.52. The number of benzene rings is 1. The first-order chi connectivity index (χ1) is 9.16. The Bertz CT molecular complexity index is 419. The smallest absolute Gasteiger partial charge is 0.333 e. The minimum Gasteiger partial charge on any atom is -0.464 e. The van der Waals surface area contributed by atoms with Crippen LogP contribution in [0.3, 0.4) is 0 Å². The van der Waals surface area contributed by atoms with Crippen molar-refractivity contribution in [2.75, 3.05) is 26.4 Å². The van der Waals surface area contributed by atoms with Gasteiger partial charge >= 0.3 is 5.97 Å². The monoisotopic (exact) mass is 265 g/mol. The van der Waals surface area contributed by atoms with Crippen LogP contribution in [0.2, 0.25) is 0 Å². The Morgan fingerprint density at radius 3 is 2.63 bits per heavy atom. The largest absolute Gasteiger partial charge is 0.464 e. The lowest BCUT2D eigenvalue weighted by atomic mass is 9.92. The molecule has 0 aliphatic carbocycles. The molecule has 2 rings (SSSR count). The normalized spacial score (nSPS) is 18.4. The molecule has 1 aromatic carbocycles. The third kappa shape index (κ3) is 3.12. The second-order valence-electron chi connectivity index (χ2n) is 4.53. The molecule has 1 heterocycles. The zero-order valence-electron chi connectivity index (χ0n) is 11.0. The van der Waals surface area contributed by atoms with Gasteiger partial charge in [0.1, 0.15) is 6.10 Å². The first-order valence-electron chi connectivity index (χ1n) is 6.38. The van der Waals surface area contributed by atoms with Gasteiger partial charge in [-0.05, 0) is 12.5 Å². The minimum absolute atomic E-state index is 0.0149. The van der Waals surface area contributed by atoms with Crippen LogP contribution >= 0.6 is 0 Å². The van der Waals surface area contributed by atoms with Crippen LogP contribution < -0.4 is 5.73 Å². The van der Waals surface area contributed by atoms with Crippen LogP contribution in [0.4, 0.5) is 0 Å². The van der Waals surface area contributed by atoms with Gasteiger partial charge in [0.2, 0.25) is 0 Å². The van der Waals surface area contributed by atoms with Crippen LogP contribution in [0.15, 0.2) is 30.3 Å². The van der Waals surface area contributed by atoms with Crippen molar-refractivity contribution in [1.82, 2.24) is 0 Å². The summed E-state index contributed by atoms with van der Waals surface area (Å²) in [5.74, 6) is -0.471. The van der Waals surface area contributed by atoms with Gasteiger partial charge in [-0.1, -0.05) is 30.3 Å². The Balaban J connectivity index is 2.13. The highest BCUT2D eigenvalue weighted by Gasteiger charge is 2.39. The Labute approximate surface area is 112 Å². The van der Waals surface area contributed by atoms with Gasteiger partial charge in [-0.2, -0.15) is 0 Å². The van der Waals surface area contributed by atoms with Crippen LogP contribution in [-0.4, -0.2) is 38.5 Å². The maximum absolute atomic E-state index is 12.1. The molecule has 1 aromatic rings. The fraction of sp³-hybridized carbons (Fsp3) is 0.500. The molecule has 0 spiro atoms. The van der Waals surface area contributed by atoms with Crippen LogP contribution in [-0.2, 0) is 24.5 Å². The van der Waals surface area contributed by atoms with Gasteiger partial charge in [0, 0.05) is 0 Å². The lowest BCUT2D eigenvalue weighted by molar-refractivity contribution is -0.164. The summed E-state index contributed by atoms with van der Waals surface area (Å²) in [5, 5.41) is 0. The topological polar surface area (TPSA) is 70.8 Å². The van der Waals surface area contributed by atoms with Gasteiger partial charge in [0.25, 0.3) is 0 Å². The average molecular weight is 265 g/mol. The summed E-state index contributed by atoms with van der Waals surface area (Å²) in [5.41, 5.74) is 5.65. The fourth-order valence-corrected chi connectivity index (χ4v) is 1.82. The molecule has 0 saturated carbocycles. The van der Waals surface area contributed by atoms with Crippen LogP contribution in [0.25, 0.3) is 0 Å². The van der Waals surface area contributed by atoms with E-state index in [1.54, 1.807) is 19.1 Å². The molecule has 0 amide bonds. The van der Waals surface area contributed by atoms with Crippen molar-refractivity contribution in [2.45, 2.75) is 18.6 Å². The van der Waals surface area contributed by atoms with Crippen molar-refractivity contribution in [2.24, 2.45) is 5.73 Å². The van der Waals surface area contributed by atoms with Crippen molar-refractivity contribution < 1.29 is 19.0 Å². The predicted molar refractivity (Wildman–Crippen MR) is 69.5 cm³/mol. The third-order valence-electron chi connectivity index (χ3n) is 3.08. The highest BCUT2D eigenvalue weighted by atomic mass is 16.6. The third-order valence-corrected chi connectivity index (χ3v) is 3.08. The molecule has 5 nitrogen and oxygen atoms in total. The quantitative estimate of drug-likeness (QED) is 0.771. The average Bonchev–Trinajstić information content (AvgIpc) is 2.38. The van der Waals surface area contributed by atoms with Gasteiger partial charge < -0.3 is 19.9 Å². The standard InChI is InChI=1S/C14H19NO4/c1-2-18-13(16)14(15,10-19-12-8-17-9-12)11-6-4-3-5-7-11/h3-7,12H,2,8-10,15H2,1H3. The molecule has 104 valence electrons. The summed E-state index contributed by atoms with van der Waals surface area (Å²) >= 11 is 0. The zero-order valence-corrected chi connectivity index (χ0v) is 11.0. The first-order valence-corrected chi connectivity index (χ1v) is 6.38. The summed E-state index contributed by atoms with van der Waals surface area (Å²) in [6.07, 6.45) is 0.0149. The van der Waals surface area contributed by atoms with E-state index in [4.69, 9.17) is 19.9 Å². The molecule has 0 radical (unpaired) electrons. The SMILES string of the molecule is CCOC(=O)C(N)(COC1COC1)c1ccccc1. The number of rotatable bonds is 6. The number of carbonyl (C=O) groups is 1. The van der Waals surface area contributed by atoms with E-state index in [1.807, 2.05) is 18.2 Å². The van der Waals surface area contributed by atoms with Crippen LogP contribution in [0.1, 0.15) is 12.5 Å². The van der Waals surface area contributed by atoms with Crippen molar-refractivity contribution in [3.63, 3.8) is 0 Å². The van der Waals surface area contributed by atoms with Gasteiger partial charge in [0.15, 0.2) is 5.54 Å². The molecule has 1 saturated heterocycles. The minimum atomic E-state index is -1.27. The highest BCUT2D eigenvalue weighted by molar-refractivity contribution is 5.82. The molecule has 2 N–H and O–H groups in total. The summed E-state index contributed by atoms with van der Waals surface area (Å²) < 4.78 is 15.7. The summed E-state index contributed by atoms with van der Waals surface area (Å²) in [6, 6.07) is 9.15. The van der Waals surface area contributed by atoms with Crippen molar-refractivity contribution >= 4 is 5.97 Å². The van der Waals surface area contributed by atoms with E-state index in [0.29, 0.717) is 18.8 Å². The zero-order chi connectivity index (χ0) is 13.7. The number of nitrogens with two attached hydrogens (primary N) is 1. The molecule has 5 heteroatoms. The molecule has 0 bridgehead atoms. The molecular formula is C14H19NO4.